The number of hydrogen-bond acceptors (Lipinski definition) is 3. The zero-order valence-corrected chi connectivity index (χ0v) is 13.6. The predicted octanol–water partition coefficient (Wildman–Crippen LogP) is 1.60. The molecule has 2 aliphatic heterocycles. The average molecular weight is 309 g/mol. The maximum absolute atomic E-state index is 11.9. The van der Waals surface area contributed by atoms with Gasteiger partial charge in [0, 0.05) is 38.5 Å². The molecule has 0 aromatic heterocycles. The van der Waals surface area contributed by atoms with Crippen LogP contribution in [-0.2, 0) is 9.59 Å². The molecule has 22 heavy (non-hydrogen) atoms. The maximum Gasteiger partial charge on any atom is 0.317 e. The van der Waals surface area contributed by atoms with Crippen LogP contribution in [0, 0.1) is 11.8 Å². The Balaban J connectivity index is 1.54. The number of rotatable bonds is 6. The Kier molecular flexibility index (Phi) is 5.80. The highest BCUT2D eigenvalue weighted by molar-refractivity contribution is 6.03. The third kappa shape index (κ3) is 4.21. The minimum absolute atomic E-state index is 0.0306. The lowest BCUT2D eigenvalue weighted by Gasteiger charge is -2.17. The minimum Gasteiger partial charge on any atom is -0.338 e. The number of likely N-dealkylation sites (tertiary alicyclic amines) is 2. The molecule has 0 spiro atoms. The van der Waals surface area contributed by atoms with Gasteiger partial charge in [-0.1, -0.05) is 13.8 Å². The number of imide groups is 1. The standard InChI is InChI=1S/C16H27N3O3/c1-12-6-9-18(11-12)16(22)17-7-4-3-5-8-19-14(20)10-13(2)15(19)21/h12-13H,3-11H2,1-2H3,(H,17,22)/t12-,13?/m1/s1. The first-order chi connectivity index (χ1) is 10.5. The fourth-order valence-electron chi connectivity index (χ4n) is 3.08. The summed E-state index contributed by atoms with van der Waals surface area (Å²) in [4.78, 5) is 38.5. The zero-order chi connectivity index (χ0) is 16.1. The van der Waals surface area contributed by atoms with Crippen molar-refractivity contribution in [2.24, 2.45) is 11.8 Å². The molecular weight excluding hydrogens is 282 g/mol. The van der Waals surface area contributed by atoms with Crippen LogP contribution >= 0.6 is 0 Å². The summed E-state index contributed by atoms with van der Waals surface area (Å²) in [6, 6.07) is 0.0306. The lowest BCUT2D eigenvalue weighted by atomic mass is 10.1. The van der Waals surface area contributed by atoms with E-state index in [1.54, 1.807) is 6.92 Å². The Morgan fingerprint density at radius 1 is 1.23 bits per heavy atom. The van der Waals surface area contributed by atoms with Crippen LogP contribution in [0.5, 0.6) is 0 Å². The van der Waals surface area contributed by atoms with Gasteiger partial charge in [0.2, 0.25) is 11.8 Å². The molecule has 124 valence electrons. The van der Waals surface area contributed by atoms with Gasteiger partial charge in [0.15, 0.2) is 0 Å². The summed E-state index contributed by atoms with van der Waals surface area (Å²) in [5, 5.41) is 2.94. The Hall–Kier alpha value is -1.59. The summed E-state index contributed by atoms with van der Waals surface area (Å²) in [6.07, 6.45) is 4.02. The quantitative estimate of drug-likeness (QED) is 0.598. The molecule has 2 aliphatic rings. The summed E-state index contributed by atoms with van der Waals surface area (Å²) in [6.45, 7) is 6.83. The van der Waals surface area contributed by atoms with Crippen LogP contribution in [-0.4, -0.2) is 53.8 Å². The van der Waals surface area contributed by atoms with Gasteiger partial charge in [-0.05, 0) is 31.6 Å². The molecule has 6 nitrogen and oxygen atoms in total. The molecule has 2 heterocycles. The number of hydrogen-bond donors (Lipinski definition) is 1. The van der Waals surface area contributed by atoms with Crippen molar-refractivity contribution in [2.75, 3.05) is 26.2 Å². The normalized spacial score (nSPS) is 25.2. The number of nitrogens with zero attached hydrogens (tertiary/aromatic N) is 2. The SMILES string of the molecule is CC1CC(=O)N(CCCCCNC(=O)N2CC[C@@H](C)C2)C1=O. The highest BCUT2D eigenvalue weighted by atomic mass is 16.2. The Labute approximate surface area is 132 Å². The smallest absolute Gasteiger partial charge is 0.317 e. The third-order valence-corrected chi connectivity index (χ3v) is 4.52. The fourth-order valence-corrected chi connectivity index (χ4v) is 3.08. The second-order valence-electron chi connectivity index (χ2n) is 6.62. The summed E-state index contributed by atoms with van der Waals surface area (Å²) < 4.78 is 0. The number of unbranched alkanes of at least 4 members (excludes halogenated alkanes) is 2. The van der Waals surface area contributed by atoms with Gasteiger partial charge in [0.1, 0.15) is 0 Å². The molecule has 2 saturated heterocycles. The lowest BCUT2D eigenvalue weighted by Crippen LogP contribution is -2.38. The van der Waals surface area contributed by atoms with Crippen molar-refractivity contribution in [3.05, 3.63) is 0 Å². The first-order valence-corrected chi connectivity index (χ1v) is 8.36. The van der Waals surface area contributed by atoms with Crippen LogP contribution in [0.25, 0.3) is 0 Å². The van der Waals surface area contributed by atoms with E-state index in [-0.39, 0.29) is 23.8 Å². The largest absolute Gasteiger partial charge is 0.338 e. The van der Waals surface area contributed by atoms with Gasteiger partial charge in [0.25, 0.3) is 0 Å². The second kappa shape index (κ2) is 7.61. The van der Waals surface area contributed by atoms with Crippen LogP contribution < -0.4 is 5.32 Å². The van der Waals surface area contributed by atoms with Gasteiger partial charge in [-0.25, -0.2) is 4.79 Å². The van der Waals surface area contributed by atoms with Crippen molar-refractivity contribution in [3.63, 3.8) is 0 Å². The number of amides is 4. The van der Waals surface area contributed by atoms with Gasteiger partial charge in [0.05, 0.1) is 0 Å². The summed E-state index contributed by atoms with van der Waals surface area (Å²) in [5.74, 6) is 0.355. The molecule has 4 amide bonds. The molecule has 2 rings (SSSR count). The van der Waals surface area contributed by atoms with E-state index >= 15 is 0 Å². The highest BCUT2D eigenvalue weighted by Gasteiger charge is 2.34. The van der Waals surface area contributed by atoms with E-state index in [4.69, 9.17) is 0 Å². The zero-order valence-electron chi connectivity index (χ0n) is 13.6. The van der Waals surface area contributed by atoms with E-state index in [1.165, 1.54) is 4.90 Å². The van der Waals surface area contributed by atoms with E-state index in [2.05, 4.69) is 12.2 Å². The van der Waals surface area contributed by atoms with Gasteiger partial charge >= 0.3 is 6.03 Å². The van der Waals surface area contributed by atoms with E-state index in [0.717, 1.165) is 38.8 Å². The molecular formula is C16H27N3O3. The van der Waals surface area contributed by atoms with E-state index in [1.807, 2.05) is 4.90 Å². The molecule has 0 saturated carbocycles. The van der Waals surface area contributed by atoms with Crippen molar-refractivity contribution in [1.29, 1.82) is 0 Å². The Morgan fingerprint density at radius 2 is 2.00 bits per heavy atom. The van der Waals surface area contributed by atoms with Crippen molar-refractivity contribution in [3.8, 4) is 0 Å². The molecule has 1 unspecified atom stereocenters. The number of carbonyl (C=O) groups is 3. The van der Waals surface area contributed by atoms with Crippen LogP contribution in [0.2, 0.25) is 0 Å². The lowest BCUT2D eigenvalue weighted by molar-refractivity contribution is -0.139. The molecule has 0 aliphatic carbocycles. The Morgan fingerprint density at radius 3 is 2.59 bits per heavy atom. The summed E-state index contributed by atoms with van der Waals surface area (Å²) in [7, 11) is 0. The predicted molar refractivity (Wildman–Crippen MR) is 83.1 cm³/mol. The van der Waals surface area contributed by atoms with E-state index < -0.39 is 0 Å². The number of carbonyl (C=O) groups excluding carboxylic acids is 3. The molecule has 0 aromatic rings. The third-order valence-electron chi connectivity index (χ3n) is 4.52. The molecule has 0 bridgehead atoms. The van der Waals surface area contributed by atoms with Gasteiger partial charge < -0.3 is 10.2 Å². The van der Waals surface area contributed by atoms with E-state index in [9.17, 15) is 14.4 Å². The van der Waals surface area contributed by atoms with Crippen LogP contribution in [0.15, 0.2) is 0 Å². The van der Waals surface area contributed by atoms with Gasteiger partial charge in [-0.2, -0.15) is 0 Å². The number of urea groups is 1. The first kappa shape index (κ1) is 16.8. The Bertz CT molecular complexity index is 438. The monoisotopic (exact) mass is 309 g/mol. The average Bonchev–Trinajstić information content (AvgIpc) is 3.00. The molecule has 6 heteroatoms. The van der Waals surface area contributed by atoms with E-state index in [0.29, 0.717) is 25.4 Å². The summed E-state index contributed by atoms with van der Waals surface area (Å²) in [5.41, 5.74) is 0. The maximum atomic E-state index is 11.9. The molecule has 0 aromatic carbocycles. The van der Waals surface area contributed by atoms with Crippen molar-refractivity contribution < 1.29 is 14.4 Å². The number of nitrogens with one attached hydrogen (secondary N) is 1. The topological polar surface area (TPSA) is 69.7 Å². The molecule has 2 atom stereocenters. The van der Waals surface area contributed by atoms with Crippen molar-refractivity contribution in [2.45, 2.75) is 46.0 Å². The van der Waals surface area contributed by atoms with Gasteiger partial charge in [-0.15, -0.1) is 0 Å². The molecule has 0 radical (unpaired) electrons. The second-order valence-corrected chi connectivity index (χ2v) is 6.62. The van der Waals surface area contributed by atoms with Crippen LogP contribution in [0.1, 0.15) is 46.0 Å². The van der Waals surface area contributed by atoms with Crippen molar-refractivity contribution in [1.82, 2.24) is 15.1 Å². The molecule has 1 N–H and O–H groups in total. The highest BCUT2D eigenvalue weighted by Crippen LogP contribution is 2.19. The molecule has 2 fully saturated rings. The first-order valence-electron chi connectivity index (χ1n) is 8.36. The van der Waals surface area contributed by atoms with Crippen LogP contribution in [0.4, 0.5) is 4.79 Å². The minimum atomic E-state index is -0.158. The van der Waals surface area contributed by atoms with Crippen LogP contribution in [0.3, 0.4) is 0 Å². The van der Waals surface area contributed by atoms with Gasteiger partial charge in [-0.3, -0.25) is 14.5 Å². The van der Waals surface area contributed by atoms with Crippen molar-refractivity contribution >= 4 is 17.8 Å². The fraction of sp³-hybridized carbons (Fsp3) is 0.812. The summed E-state index contributed by atoms with van der Waals surface area (Å²) >= 11 is 0.